The van der Waals surface area contributed by atoms with E-state index in [0.29, 0.717) is 16.0 Å². The maximum Gasteiger partial charge on any atom is 0.159 e. The van der Waals surface area contributed by atoms with Crippen LogP contribution in [0.3, 0.4) is 0 Å². The molecule has 0 aliphatic carbocycles. The molecule has 2 rings (SSSR count). The zero-order chi connectivity index (χ0) is 13.3. The molecule has 2 nitrogen and oxygen atoms in total. The molecule has 0 saturated carbocycles. The van der Waals surface area contributed by atoms with Crippen molar-refractivity contribution in [2.75, 3.05) is 0 Å². The molecule has 0 amide bonds. The van der Waals surface area contributed by atoms with E-state index in [0.717, 1.165) is 28.7 Å². The number of nitrogens with zero attached hydrogens (tertiary/aromatic N) is 1. The third kappa shape index (κ3) is 2.49. The number of aryl methyl sites for hydroxylation is 1. The van der Waals surface area contributed by atoms with Crippen LogP contribution in [0.25, 0.3) is 11.4 Å². The fourth-order valence-electron chi connectivity index (χ4n) is 1.53. The van der Waals surface area contributed by atoms with E-state index in [-0.39, 0.29) is 0 Å². The fourth-order valence-corrected chi connectivity index (χ4v) is 2.21. The van der Waals surface area contributed by atoms with Gasteiger partial charge in [-0.25, -0.2) is 13.8 Å². The molecule has 18 heavy (non-hydrogen) atoms. The molecule has 0 fully saturated rings. The largest absolute Gasteiger partial charge is 0.342 e. The number of aromatic nitrogens is 2. The van der Waals surface area contributed by atoms with Crippen LogP contribution in [0.2, 0.25) is 0 Å². The van der Waals surface area contributed by atoms with E-state index in [4.69, 9.17) is 12.2 Å². The van der Waals surface area contributed by atoms with Crippen molar-refractivity contribution in [2.45, 2.75) is 13.3 Å². The summed E-state index contributed by atoms with van der Waals surface area (Å²) in [6, 6.07) is 3.62. The molecule has 1 heterocycles. The van der Waals surface area contributed by atoms with E-state index in [1.165, 1.54) is 6.07 Å². The van der Waals surface area contributed by atoms with Gasteiger partial charge in [0.25, 0.3) is 0 Å². The van der Waals surface area contributed by atoms with Crippen LogP contribution in [0.1, 0.15) is 12.6 Å². The van der Waals surface area contributed by atoms with Gasteiger partial charge < -0.3 is 4.98 Å². The molecule has 1 aromatic heterocycles. The third-order valence-corrected chi connectivity index (χ3v) is 3.89. The van der Waals surface area contributed by atoms with Crippen LogP contribution >= 0.6 is 28.1 Å². The summed E-state index contributed by atoms with van der Waals surface area (Å²) in [5, 5.41) is 0. The number of benzene rings is 1. The van der Waals surface area contributed by atoms with Crippen LogP contribution in [0.5, 0.6) is 0 Å². The average molecular weight is 331 g/mol. The monoisotopic (exact) mass is 330 g/mol. The molecule has 1 N–H and O–H groups in total. The van der Waals surface area contributed by atoms with Crippen LogP contribution in [0.4, 0.5) is 8.78 Å². The number of aromatic amines is 1. The lowest BCUT2D eigenvalue weighted by atomic mass is 10.2. The molecule has 0 radical (unpaired) electrons. The Morgan fingerprint density at radius 2 is 2.06 bits per heavy atom. The van der Waals surface area contributed by atoms with E-state index >= 15 is 0 Å². The maximum atomic E-state index is 13.2. The number of halogens is 3. The van der Waals surface area contributed by atoms with Gasteiger partial charge in [0.05, 0.1) is 4.47 Å². The lowest BCUT2D eigenvalue weighted by Gasteiger charge is -2.07. The molecule has 0 saturated heterocycles. The Bertz CT molecular complexity index is 655. The quantitative estimate of drug-likeness (QED) is 0.826. The van der Waals surface area contributed by atoms with Gasteiger partial charge in [0.1, 0.15) is 10.5 Å². The fraction of sp³-hybridized carbons (Fsp3) is 0.167. The standard InChI is InChI=1S/C12H9BrF2N2S/c1-2-9-10(13)12(18)17-11(16-9)6-3-4-7(14)8(15)5-6/h3-5H,2H2,1H3,(H,16,17,18). The second-order valence-electron chi connectivity index (χ2n) is 3.67. The topological polar surface area (TPSA) is 28.7 Å². The zero-order valence-corrected chi connectivity index (χ0v) is 11.8. The maximum absolute atomic E-state index is 13.2. The smallest absolute Gasteiger partial charge is 0.159 e. The minimum atomic E-state index is -0.908. The first-order chi connectivity index (χ1) is 8.52. The van der Waals surface area contributed by atoms with Gasteiger partial charge in [-0.2, -0.15) is 0 Å². The summed E-state index contributed by atoms with van der Waals surface area (Å²) in [7, 11) is 0. The average Bonchev–Trinajstić information content (AvgIpc) is 2.36. The summed E-state index contributed by atoms with van der Waals surface area (Å²) < 4.78 is 27.2. The van der Waals surface area contributed by atoms with Crippen molar-refractivity contribution in [1.29, 1.82) is 0 Å². The predicted molar refractivity (Wildman–Crippen MR) is 71.9 cm³/mol. The zero-order valence-electron chi connectivity index (χ0n) is 9.43. The molecule has 2 aromatic rings. The number of H-pyrrole nitrogens is 1. The Balaban J connectivity index is 2.60. The molecule has 1 aromatic carbocycles. The van der Waals surface area contributed by atoms with Crippen molar-refractivity contribution in [3.8, 4) is 11.4 Å². The molecule has 0 unspecified atom stereocenters. The Kier molecular flexibility index (Phi) is 3.87. The minimum Gasteiger partial charge on any atom is -0.342 e. The SMILES string of the molecule is CCc1[nH]c(-c2ccc(F)c(F)c2)nc(=S)c1Br. The summed E-state index contributed by atoms with van der Waals surface area (Å²) in [4.78, 5) is 7.20. The van der Waals surface area contributed by atoms with E-state index in [1.807, 2.05) is 6.92 Å². The second-order valence-corrected chi connectivity index (χ2v) is 4.85. The van der Waals surface area contributed by atoms with Crippen molar-refractivity contribution in [3.63, 3.8) is 0 Å². The number of rotatable bonds is 2. The number of nitrogens with one attached hydrogen (secondary N) is 1. The van der Waals surface area contributed by atoms with Gasteiger partial charge in [0, 0.05) is 11.3 Å². The lowest BCUT2D eigenvalue weighted by Crippen LogP contribution is -1.98. The lowest BCUT2D eigenvalue weighted by molar-refractivity contribution is 0.509. The molecule has 0 aliphatic heterocycles. The highest BCUT2D eigenvalue weighted by Gasteiger charge is 2.09. The van der Waals surface area contributed by atoms with Gasteiger partial charge in [-0.3, -0.25) is 0 Å². The highest BCUT2D eigenvalue weighted by atomic mass is 79.9. The number of hydrogen-bond acceptors (Lipinski definition) is 2. The van der Waals surface area contributed by atoms with Gasteiger partial charge in [0.15, 0.2) is 11.6 Å². The summed E-state index contributed by atoms with van der Waals surface area (Å²) in [5.41, 5.74) is 1.33. The highest BCUT2D eigenvalue weighted by molar-refractivity contribution is 9.10. The van der Waals surface area contributed by atoms with Crippen LogP contribution < -0.4 is 0 Å². The molecule has 0 atom stereocenters. The Morgan fingerprint density at radius 3 is 2.67 bits per heavy atom. The van der Waals surface area contributed by atoms with Crippen molar-refractivity contribution < 1.29 is 8.78 Å². The molecular weight excluding hydrogens is 322 g/mol. The highest BCUT2D eigenvalue weighted by Crippen LogP contribution is 2.22. The first kappa shape index (κ1) is 13.3. The summed E-state index contributed by atoms with van der Waals surface area (Å²) in [6.45, 7) is 1.96. The van der Waals surface area contributed by atoms with Crippen molar-refractivity contribution in [3.05, 3.63) is 44.6 Å². The van der Waals surface area contributed by atoms with Gasteiger partial charge in [-0.15, -0.1) is 0 Å². The van der Waals surface area contributed by atoms with Crippen LogP contribution in [0, 0.1) is 16.3 Å². The summed E-state index contributed by atoms with van der Waals surface area (Å²) >= 11 is 8.45. The molecular formula is C12H9BrF2N2S. The molecule has 0 aliphatic rings. The Hall–Kier alpha value is -1.14. The van der Waals surface area contributed by atoms with Gasteiger partial charge in [-0.05, 0) is 40.5 Å². The van der Waals surface area contributed by atoms with Crippen LogP contribution in [-0.4, -0.2) is 9.97 Å². The van der Waals surface area contributed by atoms with Gasteiger partial charge >= 0.3 is 0 Å². The van der Waals surface area contributed by atoms with Crippen molar-refractivity contribution in [1.82, 2.24) is 9.97 Å². The van der Waals surface area contributed by atoms with Crippen molar-refractivity contribution >= 4 is 28.1 Å². The van der Waals surface area contributed by atoms with E-state index < -0.39 is 11.6 Å². The van der Waals surface area contributed by atoms with E-state index in [1.54, 1.807) is 0 Å². The van der Waals surface area contributed by atoms with Crippen molar-refractivity contribution in [2.24, 2.45) is 0 Å². The predicted octanol–water partition coefficient (Wildman–Crippen LogP) is 4.41. The normalized spacial score (nSPS) is 10.7. The first-order valence-corrected chi connectivity index (χ1v) is 6.47. The molecule has 0 spiro atoms. The molecule has 94 valence electrons. The van der Waals surface area contributed by atoms with Crippen LogP contribution in [-0.2, 0) is 6.42 Å². The number of hydrogen-bond donors (Lipinski definition) is 1. The summed E-state index contributed by atoms with van der Waals surface area (Å²) in [5.74, 6) is -1.36. The first-order valence-electron chi connectivity index (χ1n) is 5.27. The minimum absolute atomic E-state index is 0.394. The van der Waals surface area contributed by atoms with Crippen LogP contribution in [0.15, 0.2) is 22.7 Å². The third-order valence-electron chi connectivity index (χ3n) is 2.48. The van der Waals surface area contributed by atoms with E-state index in [9.17, 15) is 8.78 Å². The van der Waals surface area contributed by atoms with Gasteiger partial charge in [0.2, 0.25) is 0 Å². The summed E-state index contributed by atoms with van der Waals surface area (Å²) in [6.07, 6.45) is 0.726. The van der Waals surface area contributed by atoms with Gasteiger partial charge in [-0.1, -0.05) is 19.1 Å². The Labute approximate surface area is 116 Å². The molecule has 6 heteroatoms. The molecule has 0 bridgehead atoms. The Morgan fingerprint density at radius 1 is 1.33 bits per heavy atom. The van der Waals surface area contributed by atoms with E-state index in [2.05, 4.69) is 25.9 Å². The second kappa shape index (κ2) is 5.24.